The number of nitrogens with zero attached hydrogens (tertiary/aromatic N) is 1. The van der Waals surface area contributed by atoms with Crippen LogP contribution < -0.4 is 10.6 Å². The fraction of sp³-hybridized carbons (Fsp3) is 0.368. The number of rotatable bonds is 5. The van der Waals surface area contributed by atoms with Crippen LogP contribution in [0.3, 0.4) is 0 Å². The standard InChI is InChI=1S/C19H23N3O/c1-13(2)16-8-3-4-9-17(16)22-18-11-10-15(12-20-18)21-19(23)14-6-5-7-14/h3-4,8-14H,5-7H2,1-2H3,(H,20,22)(H,21,23). The van der Waals surface area contributed by atoms with Crippen molar-refractivity contribution in [1.82, 2.24) is 4.98 Å². The van der Waals surface area contributed by atoms with E-state index in [0.29, 0.717) is 5.92 Å². The largest absolute Gasteiger partial charge is 0.340 e. The highest BCUT2D eigenvalue weighted by Crippen LogP contribution is 2.28. The zero-order chi connectivity index (χ0) is 16.2. The molecular formula is C19H23N3O. The molecule has 0 atom stereocenters. The van der Waals surface area contributed by atoms with Crippen molar-refractivity contribution in [3.8, 4) is 0 Å². The smallest absolute Gasteiger partial charge is 0.227 e. The molecule has 0 aliphatic heterocycles. The quantitative estimate of drug-likeness (QED) is 0.842. The Morgan fingerprint density at radius 3 is 2.57 bits per heavy atom. The van der Waals surface area contributed by atoms with Gasteiger partial charge in [-0.3, -0.25) is 4.79 Å². The molecule has 1 aromatic heterocycles. The fourth-order valence-electron chi connectivity index (χ4n) is 2.71. The number of hydrogen-bond donors (Lipinski definition) is 2. The summed E-state index contributed by atoms with van der Waals surface area (Å²) in [6.45, 7) is 4.35. The number of pyridine rings is 1. The van der Waals surface area contributed by atoms with Crippen molar-refractivity contribution in [3.63, 3.8) is 0 Å². The topological polar surface area (TPSA) is 54.0 Å². The predicted octanol–water partition coefficient (Wildman–Crippen LogP) is 4.69. The van der Waals surface area contributed by atoms with E-state index in [0.717, 1.165) is 36.5 Å². The summed E-state index contributed by atoms with van der Waals surface area (Å²) < 4.78 is 0. The Balaban J connectivity index is 1.67. The third kappa shape index (κ3) is 3.70. The molecule has 1 aliphatic rings. The maximum absolute atomic E-state index is 11.9. The summed E-state index contributed by atoms with van der Waals surface area (Å²) in [4.78, 5) is 16.3. The van der Waals surface area contributed by atoms with Crippen LogP contribution in [0.5, 0.6) is 0 Å². The van der Waals surface area contributed by atoms with Crippen molar-refractivity contribution in [2.75, 3.05) is 10.6 Å². The first kappa shape index (κ1) is 15.5. The second kappa shape index (κ2) is 6.82. The van der Waals surface area contributed by atoms with E-state index < -0.39 is 0 Å². The van der Waals surface area contributed by atoms with Gasteiger partial charge in [-0.2, -0.15) is 0 Å². The van der Waals surface area contributed by atoms with E-state index in [1.54, 1.807) is 6.20 Å². The first-order valence-corrected chi connectivity index (χ1v) is 8.26. The summed E-state index contributed by atoms with van der Waals surface area (Å²) in [5.41, 5.74) is 3.09. The minimum atomic E-state index is 0.115. The van der Waals surface area contributed by atoms with Gasteiger partial charge in [0.2, 0.25) is 5.91 Å². The van der Waals surface area contributed by atoms with Gasteiger partial charge in [0.1, 0.15) is 5.82 Å². The number of amides is 1. The Labute approximate surface area is 137 Å². The van der Waals surface area contributed by atoms with E-state index in [9.17, 15) is 4.79 Å². The molecule has 0 spiro atoms. The van der Waals surface area contributed by atoms with Crippen molar-refractivity contribution in [1.29, 1.82) is 0 Å². The Hall–Kier alpha value is -2.36. The van der Waals surface area contributed by atoms with Crippen LogP contribution in [0.2, 0.25) is 0 Å². The molecule has 1 fully saturated rings. The minimum Gasteiger partial charge on any atom is -0.340 e. The lowest BCUT2D eigenvalue weighted by Crippen LogP contribution is -2.28. The molecule has 4 nitrogen and oxygen atoms in total. The second-order valence-electron chi connectivity index (χ2n) is 6.42. The van der Waals surface area contributed by atoms with Crippen LogP contribution in [0.4, 0.5) is 17.2 Å². The summed E-state index contributed by atoms with van der Waals surface area (Å²) in [7, 11) is 0. The third-order valence-electron chi connectivity index (χ3n) is 4.35. The second-order valence-corrected chi connectivity index (χ2v) is 6.42. The van der Waals surface area contributed by atoms with Crippen LogP contribution >= 0.6 is 0 Å². The minimum absolute atomic E-state index is 0.115. The Morgan fingerprint density at radius 2 is 1.96 bits per heavy atom. The van der Waals surface area contributed by atoms with Crippen LogP contribution in [0, 0.1) is 5.92 Å². The number of para-hydroxylation sites is 1. The van der Waals surface area contributed by atoms with Crippen LogP contribution in [0.25, 0.3) is 0 Å². The monoisotopic (exact) mass is 309 g/mol. The van der Waals surface area contributed by atoms with E-state index in [2.05, 4.69) is 41.6 Å². The van der Waals surface area contributed by atoms with Crippen molar-refractivity contribution < 1.29 is 4.79 Å². The zero-order valence-corrected chi connectivity index (χ0v) is 13.7. The van der Waals surface area contributed by atoms with E-state index >= 15 is 0 Å². The SMILES string of the molecule is CC(C)c1ccccc1Nc1ccc(NC(=O)C2CCC2)cn1. The number of hydrogen-bond acceptors (Lipinski definition) is 3. The molecular weight excluding hydrogens is 286 g/mol. The lowest BCUT2D eigenvalue weighted by molar-refractivity contribution is -0.122. The van der Waals surface area contributed by atoms with Crippen LogP contribution in [0.1, 0.15) is 44.6 Å². The van der Waals surface area contributed by atoms with Crippen molar-refractivity contribution in [3.05, 3.63) is 48.2 Å². The average molecular weight is 309 g/mol. The molecule has 3 rings (SSSR count). The number of nitrogens with one attached hydrogen (secondary N) is 2. The molecule has 2 N–H and O–H groups in total. The molecule has 1 heterocycles. The summed E-state index contributed by atoms with van der Waals surface area (Å²) in [6.07, 6.45) is 4.88. The molecule has 2 aromatic rings. The average Bonchev–Trinajstić information content (AvgIpc) is 2.48. The molecule has 23 heavy (non-hydrogen) atoms. The van der Waals surface area contributed by atoms with Gasteiger partial charge in [-0.1, -0.05) is 38.5 Å². The van der Waals surface area contributed by atoms with Crippen LogP contribution in [-0.4, -0.2) is 10.9 Å². The molecule has 4 heteroatoms. The molecule has 0 radical (unpaired) electrons. The molecule has 0 unspecified atom stereocenters. The fourth-order valence-corrected chi connectivity index (χ4v) is 2.71. The van der Waals surface area contributed by atoms with Gasteiger partial charge in [-0.15, -0.1) is 0 Å². The molecule has 0 bridgehead atoms. The van der Waals surface area contributed by atoms with E-state index in [-0.39, 0.29) is 11.8 Å². The first-order valence-electron chi connectivity index (χ1n) is 8.26. The highest BCUT2D eigenvalue weighted by atomic mass is 16.1. The molecule has 1 saturated carbocycles. The van der Waals surface area contributed by atoms with Crippen LogP contribution in [-0.2, 0) is 4.79 Å². The van der Waals surface area contributed by atoms with Crippen molar-refractivity contribution in [2.45, 2.75) is 39.0 Å². The van der Waals surface area contributed by atoms with Gasteiger partial charge in [0.25, 0.3) is 0 Å². The highest BCUT2D eigenvalue weighted by Gasteiger charge is 2.25. The molecule has 0 saturated heterocycles. The van der Waals surface area contributed by atoms with E-state index in [4.69, 9.17) is 0 Å². The first-order chi connectivity index (χ1) is 11.1. The molecule has 1 aliphatic carbocycles. The molecule has 1 amide bonds. The number of aromatic nitrogens is 1. The summed E-state index contributed by atoms with van der Waals surface area (Å²) >= 11 is 0. The van der Waals surface area contributed by atoms with E-state index in [1.165, 1.54) is 5.56 Å². The lowest BCUT2D eigenvalue weighted by Gasteiger charge is -2.23. The summed E-state index contributed by atoms with van der Waals surface area (Å²) in [5, 5.41) is 6.29. The van der Waals surface area contributed by atoms with Gasteiger partial charge >= 0.3 is 0 Å². The summed E-state index contributed by atoms with van der Waals surface area (Å²) in [5.74, 6) is 1.52. The normalized spacial score (nSPS) is 14.4. The maximum Gasteiger partial charge on any atom is 0.227 e. The van der Waals surface area contributed by atoms with E-state index in [1.807, 2.05) is 24.3 Å². The number of carbonyl (C=O) groups is 1. The number of benzene rings is 1. The van der Waals surface area contributed by atoms with Gasteiger partial charge in [0.05, 0.1) is 11.9 Å². The predicted molar refractivity (Wildman–Crippen MR) is 94.0 cm³/mol. The van der Waals surface area contributed by atoms with Crippen LogP contribution in [0.15, 0.2) is 42.6 Å². The van der Waals surface area contributed by atoms with Gasteiger partial charge in [-0.05, 0) is 42.5 Å². The Kier molecular flexibility index (Phi) is 4.60. The lowest BCUT2D eigenvalue weighted by atomic mass is 9.85. The Bertz CT molecular complexity index is 675. The van der Waals surface area contributed by atoms with Crippen molar-refractivity contribution >= 4 is 23.1 Å². The van der Waals surface area contributed by atoms with Gasteiger partial charge in [-0.25, -0.2) is 4.98 Å². The zero-order valence-electron chi connectivity index (χ0n) is 13.7. The molecule has 120 valence electrons. The van der Waals surface area contributed by atoms with Gasteiger partial charge in [0.15, 0.2) is 0 Å². The number of anilines is 3. The number of carbonyl (C=O) groups excluding carboxylic acids is 1. The Morgan fingerprint density at radius 1 is 1.17 bits per heavy atom. The van der Waals surface area contributed by atoms with Gasteiger partial charge < -0.3 is 10.6 Å². The molecule has 1 aromatic carbocycles. The van der Waals surface area contributed by atoms with Gasteiger partial charge in [0, 0.05) is 11.6 Å². The summed E-state index contributed by atoms with van der Waals surface area (Å²) in [6, 6.07) is 12.0. The maximum atomic E-state index is 11.9. The van der Waals surface area contributed by atoms with Crippen molar-refractivity contribution in [2.24, 2.45) is 5.92 Å². The highest BCUT2D eigenvalue weighted by molar-refractivity contribution is 5.92. The third-order valence-corrected chi connectivity index (χ3v) is 4.35.